The molecule has 0 aliphatic heterocycles. The lowest BCUT2D eigenvalue weighted by atomic mass is 10.1. The molecule has 0 aliphatic rings. The van der Waals surface area contributed by atoms with Crippen molar-refractivity contribution in [2.45, 2.75) is 284 Å². The third kappa shape index (κ3) is 53.7. The maximum Gasteiger partial charge on any atom is 0.306 e. The zero-order valence-electron chi connectivity index (χ0n) is 44.2. The third-order valence-corrected chi connectivity index (χ3v) is 12.2. The minimum absolute atomic E-state index is 0.0974. The summed E-state index contributed by atoms with van der Waals surface area (Å²) in [5.74, 6) is -0.962. The van der Waals surface area contributed by atoms with Crippen molar-refractivity contribution in [1.29, 1.82) is 0 Å². The molecule has 6 heteroatoms. The fourth-order valence-electron chi connectivity index (χ4n) is 7.84. The van der Waals surface area contributed by atoms with E-state index in [2.05, 4.69) is 93.7 Å². The lowest BCUT2D eigenvalue weighted by Crippen LogP contribution is -2.30. The maximum absolute atomic E-state index is 12.8. The van der Waals surface area contributed by atoms with Crippen molar-refractivity contribution in [3.63, 3.8) is 0 Å². The standard InChI is InChI=1S/C61H106O6/c1-4-7-10-13-16-19-22-25-28-30-33-35-38-41-44-47-50-53-59(62)65-56-58(67-61(64)55-52-49-46-43-40-37-32-27-24-21-18-15-12-9-6-3)57-66-60(63)54-51-48-45-42-39-36-34-31-29-26-23-20-17-14-11-8-5-2/h16,19,25-29,32-33,35,41,44,58H,4-15,17-18,20-24,30-31,34,36-40,42-43,45-57H2,1-3H3/b19-16-,28-25-,29-26-,32-27-,35-33-,44-41-/t58-/m1/s1. The Hall–Kier alpha value is -3.15. The predicted octanol–water partition coefficient (Wildman–Crippen LogP) is 19.0. The lowest BCUT2D eigenvalue weighted by Gasteiger charge is -2.18. The molecule has 0 saturated carbocycles. The molecule has 0 radical (unpaired) electrons. The fraction of sp³-hybridized carbons (Fsp3) is 0.754. The van der Waals surface area contributed by atoms with Gasteiger partial charge in [0.1, 0.15) is 13.2 Å². The van der Waals surface area contributed by atoms with Crippen LogP contribution in [0.1, 0.15) is 278 Å². The summed E-state index contributed by atoms with van der Waals surface area (Å²) in [6.07, 6.45) is 70.3. The van der Waals surface area contributed by atoms with E-state index < -0.39 is 6.10 Å². The molecule has 0 bridgehead atoms. The molecular formula is C61H106O6. The van der Waals surface area contributed by atoms with Gasteiger partial charge in [-0.3, -0.25) is 14.4 Å². The van der Waals surface area contributed by atoms with Crippen LogP contribution in [0.3, 0.4) is 0 Å². The van der Waals surface area contributed by atoms with Crippen LogP contribution in [0.25, 0.3) is 0 Å². The highest BCUT2D eigenvalue weighted by Gasteiger charge is 2.19. The number of carbonyl (C=O) groups excluding carboxylic acids is 3. The van der Waals surface area contributed by atoms with Crippen LogP contribution < -0.4 is 0 Å². The van der Waals surface area contributed by atoms with Gasteiger partial charge in [0.05, 0.1) is 0 Å². The maximum atomic E-state index is 12.8. The Morgan fingerprint density at radius 2 is 0.552 bits per heavy atom. The molecule has 386 valence electrons. The van der Waals surface area contributed by atoms with Crippen molar-refractivity contribution in [1.82, 2.24) is 0 Å². The first-order valence-electron chi connectivity index (χ1n) is 28.4. The van der Waals surface area contributed by atoms with Gasteiger partial charge in [0.15, 0.2) is 6.10 Å². The Labute approximate surface area is 414 Å². The molecule has 0 saturated heterocycles. The van der Waals surface area contributed by atoms with Crippen molar-refractivity contribution in [3.05, 3.63) is 72.9 Å². The summed E-state index contributed by atoms with van der Waals surface area (Å²) in [5.41, 5.74) is 0. The van der Waals surface area contributed by atoms with E-state index in [0.29, 0.717) is 19.3 Å². The van der Waals surface area contributed by atoms with Crippen molar-refractivity contribution >= 4 is 17.9 Å². The summed E-state index contributed by atoms with van der Waals surface area (Å²) < 4.78 is 16.8. The molecule has 0 heterocycles. The average molecular weight is 936 g/mol. The minimum Gasteiger partial charge on any atom is -0.462 e. The molecular weight excluding hydrogens is 829 g/mol. The monoisotopic (exact) mass is 935 g/mol. The smallest absolute Gasteiger partial charge is 0.306 e. The van der Waals surface area contributed by atoms with Crippen LogP contribution in [0, 0.1) is 0 Å². The van der Waals surface area contributed by atoms with Crippen LogP contribution in [0.4, 0.5) is 0 Å². The second-order valence-electron chi connectivity index (χ2n) is 18.8. The molecule has 0 fully saturated rings. The molecule has 0 unspecified atom stereocenters. The lowest BCUT2D eigenvalue weighted by molar-refractivity contribution is -0.167. The van der Waals surface area contributed by atoms with Gasteiger partial charge in [-0.25, -0.2) is 0 Å². The number of carbonyl (C=O) groups is 3. The van der Waals surface area contributed by atoms with E-state index in [0.717, 1.165) is 77.0 Å². The number of rotatable bonds is 51. The van der Waals surface area contributed by atoms with Crippen LogP contribution >= 0.6 is 0 Å². The Kier molecular flexibility index (Phi) is 52.8. The highest BCUT2D eigenvalue weighted by Crippen LogP contribution is 2.14. The highest BCUT2D eigenvalue weighted by atomic mass is 16.6. The quantitative estimate of drug-likeness (QED) is 0.0262. The Bertz CT molecular complexity index is 1260. The second kappa shape index (κ2) is 55.4. The number of hydrogen-bond donors (Lipinski definition) is 0. The second-order valence-corrected chi connectivity index (χ2v) is 18.8. The summed E-state index contributed by atoms with van der Waals surface area (Å²) in [5, 5.41) is 0. The van der Waals surface area contributed by atoms with Gasteiger partial charge in [0.25, 0.3) is 0 Å². The highest BCUT2D eigenvalue weighted by molar-refractivity contribution is 5.71. The van der Waals surface area contributed by atoms with Crippen molar-refractivity contribution in [2.24, 2.45) is 0 Å². The van der Waals surface area contributed by atoms with Gasteiger partial charge < -0.3 is 14.2 Å². The van der Waals surface area contributed by atoms with Crippen molar-refractivity contribution in [3.8, 4) is 0 Å². The molecule has 0 aromatic rings. The average Bonchev–Trinajstić information content (AvgIpc) is 3.33. The van der Waals surface area contributed by atoms with Gasteiger partial charge in [-0.1, -0.05) is 222 Å². The van der Waals surface area contributed by atoms with Crippen LogP contribution in [0.5, 0.6) is 0 Å². The van der Waals surface area contributed by atoms with Crippen molar-refractivity contribution in [2.75, 3.05) is 13.2 Å². The van der Waals surface area contributed by atoms with Gasteiger partial charge in [0, 0.05) is 19.3 Å². The molecule has 67 heavy (non-hydrogen) atoms. The summed E-state index contributed by atoms with van der Waals surface area (Å²) in [6.45, 7) is 6.56. The minimum atomic E-state index is -0.803. The van der Waals surface area contributed by atoms with E-state index in [9.17, 15) is 14.4 Å². The van der Waals surface area contributed by atoms with Crippen LogP contribution in [-0.2, 0) is 28.6 Å². The first-order valence-corrected chi connectivity index (χ1v) is 28.4. The molecule has 0 aliphatic carbocycles. The molecule has 0 aromatic carbocycles. The van der Waals surface area contributed by atoms with E-state index in [-0.39, 0.29) is 37.5 Å². The first kappa shape index (κ1) is 63.8. The Morgan fingerprint density at radius 3 is 0.940 bits per heavy atom. The predicted molar refractivity (Wildman–Crippen MR) is 288 cm³/mol. The number of allylic oxidation sites excluding steroid dienone is 12. The summed E-state index contributed by atoms with van der Waals surface area (Å²) in [4.78, 5) is 38.1. The van der Waals surface area contributed by atoms with E-state index in [1.807, 2.05) is 0 Å². The van der Waals surface area contributed by atoms with Crippen molar-refractivity contribution < 1.29 is 28.6 Å². The molecule has 0 aromatic heterocycles. The summed E-state index contributed by atoms with van der Waals surface area (Å²) in [6, 6.07) is 0. The van der Waals surface area contributed by atoms with Gasteiger partial charge in [0.2, 0.25) is 0 Å². The van der Waals surface area contributed by atoms with E-state index in [1.165, 1.54) is 154 Å². The van der Waals surface area contributed by atoms with Gasteiger partial charge in [-0.05, 0) is 109 Å². The van der Waals surface area contributed by atoms with Crippen LogP contribution in [0.15, 0.2) is 72.9 Å². The number of esters is 3. The van der Waals surface area contributed by atoms with Crippen LogP contribution in [-0.4, -0.2) is 37.2 Å². The Morgan fingerprint density at radius 1 is 0.299 bits per heavy atom. The number of unbranched alkanes of at least 4 members (excludes halogenated alkanes) is 28. The summed E-state index contributed by atoms with van der Waals surface area (Å²) >= 11 is 0. The van der Waals surface area contributed by atoms with Gasteiger partial charge in [-0.2, -0.15) is 0 Å². The molecule has 0 amide bonds. The van der Waals surface area contributed by atoms with Gasteiger partial charge >= 0.3 is 17.9 Å². The molecule has 6 nitrogen and oxygen atoms in total. The Balaban J connectivity index is 4.47. The molecule has 0 N–H and O–H groups in total. The van der Waals surface area contributed by atoms with E-state index in [4.69, 9.17) is 14.2 Å². The number of hydrogen-bond acceptors (Lipinski definition) is 6. The van der Waals surface area contributed by atoms with Crippen LogP contribution in [0.2, 0.25) is 0 Å². The molecule has 0 rings (SSSR count). The largest absolute Gasteiger partial charge is 0.462 e. The zero-order valence-corrected chi connectivity index (χ0v) is 44.2. The number of ether oxygens (including phenoxy) is 3. The molecule has 0 spiro atoms. The van der Waals surface area contributed by atoms with Gasteiger partial charge in [-0.15, -0.1) is 0 Å². The fourth-order valence-corrected chi connectivity index (χ4v) is 7.84. The van der Waals surface area contributed by atoms with E-state index in [1.54, 1.807) is 0 Å². The topological polar surface area (TPSA) is 78.9 Å². The first-order chi connectivity index (χ1) is 33.0. The summed E-state index contributed by atoms with van der Waals surface area (Å²) in [7, 11) is 0. The normalized spacial score (nSPS) is 12.6. The molecule has 1 atom stereocenters. The zero-order chi connectivity index (χ0) is 48.6. The van der Waals surface area contributed by atoms with E-state index >= 15 is 0 Å². The third-order valence-electron chi connectivity index (χ3n) is 12.2. The SMILES string of the molecule is CCCCC/C=C\C/C=C\C/C=C\C/C=C\CCCC(=O)OC[C@H](COC(=O)CCCCCCCCC/C=C\CCCCCCCC)OC(=O)CCCCCCC/C=C\CCCCCCCC.